The van der Waals surface area contributed by atoms with Gasteiger partial charge in [0.25, 0.3) is 0 Å². The van der Waals surface area contributed by atoms with E-state index in [9.17, 15) is 18.0 Å². The van der Waals surface area contributed by atoms with Crippen LogP contribution in [0.2, 0.25) is 0 Å². The van der Waals surface area contributed by atoms with Crippen molar-refractivity contribution in [2.45, 2.75) is 32.4 Å². The summed E-state index contributed by atoms with van der Waals surface area (Å²) in [5.74, 6) is -1.67. The number of alkyl halides is 3. The molecule has 2 heterocycles. The third-order valence-electron chi connectivity index (χ3n) is 3.08. The minimum absolute atomic E-state index is 0.0113. The molecule has 0 radical (unpaired) electrons. The number of aromatic carboxylic acids is 1. The quantitative estimate of drug-likeness (QED) is 0.879. The zero-order chi connectivity index (χ0) is 16.2. The van der Waals surface area contributed by atoms with Crippen molar-refractivity contribution in [2.75, 3.05) is 0 Å². The molecule has 0 aliphatic rings. The molecule has 0 spiro atoms. The summed E-state index contributed by atoms with van der Waals surface area (Å²) in [6.07, 6.45) is -4.08. The van der Waals surface area contributed by atoms with Crippen LogP contribution < -0.4 is 0 Å². The van der Waals surface area contributed by atoms with Gasteiger partial charge in [-0.3, -0.25) is 4.68 Å². The number of halogens is 3. The van der Waals surface area contributed by atoms with Crippen molar-refractivity contribution >= 4 is 17.0 Å². The van der Waals surface area contributed by atoms with E-state index in [-0.39, 0.29) is 16.7 Å². The smallest absolute Gasteiger partial charge is 0.418 e. The van der Waals surface area contributed by atoms with E-state index in [1.54, 1.807) is 20.8 Å². The minimum Gasteiger partial charge on any atom is -0.478 e. The molecular formula is C13H14F3N3O2. The average molecular weight is 301 g/mol. The normalized spacial score (nSPS) is 12.9. The number of carbonyl (C=O) groups is 1. The van der Waals surface area contributed by atoms with Crippen LogP contribution in [0.4, 0.5) is 13.2 Å². The molecule has 0 atom stereocenters. The van der Waals surface area contributed by atoms with Crippen molar-refractivity contribution < 1.29 is 23.1 Å². The van der Waals surface area contributed by atoms with Crippen LogP contribution in [-0.2, 0) is 18.6 Å². The number of pyridine rings is 1. The number of carboxylic acid groups (broad SMARTS) is 1. The van der Waals surface area contributed by atoms with Gasteiger partial charge in [0.05, 0.1) is 22.2 Å². The molecule has 2 rings (SSSR count). The number of aryl methyl sites for hydroxylation is 1. The monoisotopic (exact) mass is 301 g/mol. The molecule has 2 aromatic rings. The van der Waals surface area contributed by atoms with Crippen molar-refractivity contribution in [3.63, 3.8) is 0 Å². The van der Waals surface area contributed by atoms with Crippen LogP contribution in [0.15, 0.2) is 6.20 Å². The Kier molecular flexibility index (Phi) is 3.23. The molecule has 0 aliphatic heterocycles. The molecule has 21 heavy (non-hydrogen) atoms. The summed E-state index contributed by atoms with van der Waals surface area (Å²) >= 11 is 0. The van der Waals surface area contributed by atoms with Gasteiger partial charge in [0.1, 0.15) is 0 Å². The van der Waals surface area contributed by atoms with Crippen molar-refractivity contribution in [3.05, 3.63) is 23.0 Å². The second kappa shape index (κ2) is 4.44. The molecule has 0 fully saturated rings. The van der Waals surface area contributed by atoms with Gasteiger partial charge in [0.15, 0.2) is 5.65 Å². The van der Waals surface area contributed by atoms with Gasteiger partial charge in [-0.25, -0.2) is 9.78 Å². The van der Waals surface area contributed by atoms with Gasteiger partial charge in [-0.05, 0) is 0 Å². The molecule has 0 bridgehead atoms. The highest BCUT2D eigenvalue weighted by atomic mass is 19.4. The molecule has 0 unspecified atom stereocenters. The van der Waals surface area contributed by atoms with E-state index in [0.29, 0.717) is 0 Å². The SMILES string of the molecule is Cn1nc(C(C)(C)C)c2c(C(F)(F)F)c(C(=O)O)cnc21. The van der Waals surface area contributed by atoms with Gasteiger partial charge in [0, 0.05) is 18.7 Å². The largest absolute Gasteiger partial charge is 0.478 e. The molecule has 0 aliphatic carbocycles. The Balaban J connectivity index is 3.05. The molecule has 5 nitrogen and oxygen atoms in total. The number of carboxylic acids is 1. The molecule has 114 valence electrons. The fourth-order valence-electron chi connectivity index (χ4n) is 2.20. The van der Waals surface area contributed by atoms with E-state index in [2.05, 4.69) is 10.1 Å². The standard InChI is InChI=1S/C13H14F3N3O2/c1-12(2,3)9-7-8(13(14,15)16)6(11(20)21)5-17-10(7)19(4)18-9/h5H,1-4H3,(H,20,21). The lowest BCUT2D eigenvalue weighted by Gasteiger charge is -2.18. The maximum absolute atomic E-state index is 13.4. The third-order valence-corrected chi connectivity index (χ3v) is 3.08. The molecule has 0 saturated carbocycles. The van der Waals surface area contributed by atoms with Crippen LogP contribution >= 0.6 is 0 Å². The predicted octanol–water partition coefficient (Wildman–Crippen LogP) is 2.98. The van der Waals surface area contributed by atoms with Crippen LogP contribution in [0.3, 0.4) is 0 Å². The number of rotatable bonds is 1. The number of hydrogen-bond donors (Lipinski definition) is 1. The Bertz CT molecular complexity index is 727. The van der Waals surface area contributed by atoms with Gasteiger partial charge in [-0.1, -0.05) is 20.8 Å². The predicted molar refractivity (Wildman–Crippen MR) is 69.2 cm³/mol. The molecule has 2 aromatic heterocycles. The van der Waals surface area contributed by atoms with Crippen LogP contribution in [0.25, 0.3) is 11.0 Å². The Hall–Kier alpha value is -2.12. The molecule has 0 amide bonds. The summed E-state index contributed by atoms with van der Waals surface area (Å²) in [5, 5.41) is 12.9. The maximum Gasteiger partial charge on any atom is 0.418 e. The number of hydrogen-bond acceptors (Lipinski definition) is 3. The van der Waals surface area contributed by atoms with E-state index in [1.807, 2.05) is 0 Å². The van der Waals surface area contributed by atoms with E-state index >= 15 is 0 Å². The highest BCUT2D eigenvalue weighted by Gasteiger charge is 2.41. The van der Waals surface area contributed by atoms with E-state index in [0.717, 1.165) is 6.20 Å². The lowest BCUT2D eigenvalue weighted by Crippen LogP contribution is -2.18. The van der Waals surface area contributed by atoms with Crippen molar-refractivity contribution in [2.24, 2.45) is 7.05 Å². The number of fused-ring (bicyclic) bond motifs is 1. The second-order valence-electron chi connectivity index (χ2n) is 5.77. The van der Waals surface area contributed by atoms with E-state index < -0.39 is 28.7 Å². The molecular weight excluding hydrogens is 287 g/mol. The topological polar surface area (TPSA) is 68.0 Å². The van der Waals surface area contributed by atoms with Crippen molar-refractivity contribution in [1.82, 2.24) is 14.8 Å². The molecule has 0 saturated heterocycles. The van der Waals surface area contributed by atoms with Gasteiger partial charge in [-0.15, -0.1) is 0 Å². The molecule has 1 N–H and O–H groups in total. The second-order valence-corrected chi connectivity index (χ2v) is 5.77. The lowest BCUT2D eigenvalue weighted by molar-refractivity contribution is -0.136. The zero-order valence-corrected chi connectivity index (χ0v) is 11.9. The van der Waals surface area contributed by atoms with E-state index in [4.69, 9.17) is 5.11 Å². The molecule has 8 heteroatoms. The van der Waals surface area contributed by atoms with Crippen LogP contribution in [0.1, 0.15) is 42.4 Å². The Morgan fingerprint density at radius 2 is 1.86 bits per heavy atom. The summed E-state index contributed by atoms with van der Waals surface area (Å²) in [6.45, 7) is 5.13. The fraction of sp³-hybridized carbons (Fsp3) is 0.462. The van der Waals surface area contributed by atoms with Crippen molar-refractivity contribution in [1.29, 1.82) is 0 Å². The van der Waals surface area contributed by atoms with Gasteiger partial charge < -0.3 is 5.11 Å². The van der Waals surface area contributed by atoms with Gasteiger partial charge in [-0.2, -0.15) is 18.3 Å². The highest BCUT2D eigenvalue weighted by molar-refractivity contribution is 5.97. The first kappa shape index (κ1) is 15.3. The first-order valence-corrected chi connectivity index (χ1v) is 6.11. The van der Waals surface area contributed by atoms with Crippen LogP contribution in [-0.4, -0.2) is 25.8 Å². The van der Waals surface area contributed by atoms with Crippen LogP contribution in [0, 0.1) is 0 Å². The lowest BCUT2D eigenvalue weighted by atomic mass is 9.88. The van der Waals surface area contributed by atoms with Gasteiger partial charge >= 0.3 is 12.1 Å². The number of aromatic nitrogens is 3. The van der Waals surface area contributed by atoms with Gasteiger partial charge in [0.2, 0.25) is 0 Å². The number of nitrogens with zero attached hydrogens (tertiary/aromatic N) is 3. The first-order chi connectivity index (χ1) is 9.44. The Morgan fingerprint density at radius 3 is 2.29 bits per heavy atom. The van der Waals surface area contributed by atoms with E-state index in [1.165, 1.54) is 11.7 Å². The first-order valence-electron chi connectivity index (χ1n) is 6.11. The summed E-state index contributed by atoms with van der Waals surface area (Å²) in [7, 11) is 1.48. The third kappa shape index (κ3) is 2.45. The summed E-state index contributed by atoms with van der Waals surface area (Å²) < 4.78 is 41.4. The summed E-state index contributed by atoms with van der Waals surface area (Å²) in [5.41, 5.74) is -2.56. The Morgan fingerprint density at radius 1 is 1.29 bits per heavy atom. The molecule has 0 aromatic carbocycles. The Labute approximate surface area is 118 Å². The summed E-state index contributed by atoms with van der Waals surface area (Å²) in [6, 6.07) is 0. The maximum atomic E-state index is 13.4. The minimum atomic E-state index is -4.81. The van der Waals surface area contributed by atoms with Crippen molar-refractivity contribution in [3.8, 4) is 0 Å². The average Bonchev–Trinajstić information content (AvgIpc) is 2.64. The van der Waals surface area contributed by atoms with Crippen LogP contribution in [0.5, 0.6) is 0 Å². The summed E-state index contributed by atoms with van der Waals surface area (Å²) in [4.78, 5) is 14.9. The highest BCUT2D eigenvalue weighted by Crippen LogP contribution is 2.40. The zero-order valence-electron chi connectivity index (χ0n) is 11.9. The fourth-order valence-corrected chi connectivity index (χ4v) is 2.20.